The van der Waals surface area contributed by atoms with Crippen LogP contribution in [0.2, 0.25) is 18.1 Å². The van der Waals surface area contributed by atoms with Crippen molar-refractivity contribution >= 4 is 53.6 Å². The van der Waals surface area contributed by atoms with Crippen molar-refractivity contribution in [1.82, 2.24) is 4.90 Å². The number of carbonyl (C=O) groups excluding carboxylic acids is 1. The van der Waals surface area contributed by atoms with Crippen LogP contribution in [-0.2, 0) is 23.9 Å². The molecule has 1 N–H and O–H groups in total. The maximum atomic E-state index is 12.8. The lowest BCUT2D eigenvalue weighted by molar-refractivity contribution is -0.155. The van der Waals surface area contributed by atoms with Crippen molar-refractivity contribution in [2.75, 3.05) is 18.1 Å². The molecule has 3 saturated heterocycles. The van der Waals surface area contributed by atoms with Gasteiger partial charge in [-0.15, -0.1) is 23.5 Å². The number of amides is 1. The number of carboxylic acids is 1. The topological polar surface area (TPSA) is 101 Å². The molecule has 3 aliphatic rings. The summed E-state index contributed by atoms with van der Waals surface area (Å²) in [5.41, 5.74) is 0. The van der Waals surface area contributed by atoms with E-state index in [1.807, 2.05) is 6.92 Å². The third kappa shape index (κ3) is 4.26. The molecule has 166 valence electrons. The summed E-state index contributed by atoms with van der Waals surface area (Å²) in [6, 6.07) is 0. The molecule has 0 saturated carbocycles. The summed E-state index contributed by atoms with van der Waals surface area (Å²) >= 11 is 2.50. The lowest BCUT2D eigenvalue weighted by Gasteiger charge is -2.47. The van der Waals surface area contributed by atoms with E-state index in [1.165, 1.54) is 23.5 Å². The SMILES string of the molecule is C[C@@H](O[Si](C)(C)C(C)(C)C)[C@H]1C(=O)N2CC(SC3CCS(=O)(=O)C3)(C(=O)O)S[C@H]12. The van der Waals surface area contributed by atoms with Gasteiger partial charge in [-0.05, 0) is 31.5 Å². The standard InChI is InChI=1S/C18H31NO6S3Si/c1-11(25-29(5,6)17(2,3)4)13-14(20)19-10-18(16(21)22,27-15(13)19)26-12-7-8-28(23,24)9-12/h11-13,15H,7-10H2,1-6H3,(H,21,22)/t11-,12?,13+,15-,18?/m1/s1. The van der Waals surface area contributed by atoms with E-state index in [0.717, 1.165) is 0 Å². The average Bonchev–Trinajstić information content (AvgIpc) is 3.04. The van der Waals surface area contributed by atoms with Gasteiger partial charge in [-0.25, -0.2) is 13.2 Å². The van der Waals surface area contributed by atoms with Crippen LogP contribution in [0.3, 0.4) is 0 Å². The van der Waals surface area contributed by atoms with Gasteiger partial charge in [0.25, 0.3) is 0 Å². The highest BCUT2D eigenvalue weighted by atomic mass is 32.2. The van der Waals surface area contributed by atoms with E-state index in [1.54, 1.807) is 4.90 Å². The zero-order valence-corrected chi connectivity index (χ0v) is 21.2. The van der Waals surface area contributed by atoms with Crippen LogP contribution in [0.15, 0.2) is 0 Å². The molecule has 0 radical (unpaired) electrons. The lowest BCUT2D eigenvalue weighted by Crippen LogP contribution is -2.62. The van der Waals surface area contributed by atoms with Crippen LogP contribution >= 0.6 is 23.5 Å². The lowest BCUT2D eigenvalue weighted by atomic mass is 9.93. The molecule has 3 fully saturated rings. The smallest absolute Gasteiger partial charge is 0.332 e. The number of aliphatic carboxylic acids is 1. The van der Waals surface area contributed by atoms with Crippen LogP contribution in [0.4, 0.5) is 0 Å². The van der Waals surface area contributed by atoms with Gasteiger partial charge in [0, 0.05) is 5.25 Å². The number of carbonyl (C=O) groups is 2. The number of carboxylic acid groups (broad SMARTS) is 1. The molecule has 7 nitrogen and oxygen atoms in total. The molecule has 11 heteroatoms. The molecule has 0 aromatic carbocycles. The second kappa shape index (κ2) is 7.42. The Hall–Kier alpha value is -0.233. The Morgan fingerprint density at radius 3 is 2.52 bits per heavy atom. The van der Waals surface area contributed by atoms with E-state index >= 15 is 0 Å². The molecule has 0 spiro atoms. The van der Waals surface area contributed by atoms with Crippen LogP contribution < -0.4 is 0 Å². The summed E-state index contributed by atoms with van der Waals surface area (Å²) in [6.07, 6.45) is 0.189. The van der Waals surface area contributed by atoms with Crippen LogP contribution in [-0.4, -0.2) is 77.5 Å². The summed E-state index contributed by atoms with van der Waals surface area (Å²) < 4.78 is 28.8. The Morgan fingerprint density at radius 2 is 2.03 bits per heavy atom. The molecule has 3 rings (SSSR count). The quantitative estimate of drug-likeness (QED) is 0.456. The van der Waals surface area contributed by atoms with Gasteiger partial charge in [0.05, 0.1) is 35.4 Å². The maximum absolute atomic E-state index is 12.8. The van der Waals surface area contributed by atoms with Crippen LogP contribution in [0.5, 0.6) is 0 Å². The number of fused-ring (bicyclic) bond motifs is 1. The molecule has 1 amide bonds. The van der Waals surface area contributed by atoms with Crippen LogP contribution in [0.25, 0.3) is 0 Å². The average molecular weight is 482 g/mol. The summed E-state index contributed by atoms with van der Waals surface area (Å²) in [7, 11) is -5.15. The van der Waals surface area contributed by atoms with E-state index in [9.17, 15) is 23.1 Å². The van der Waals surface area contributed by atoms with Crippen molar-refractivity contribution in [2.24, 2.45) is 5.92 Å². The zero-order valence-electron chi connectivity index (χ0n) is 17.8. The molecule has 3 aliphatic heterocycles. The number of hydrogen-bond acceptors (Lipinski definition) is 7. The molecule has 2 unspecified atom stereocenters. The van der Waals surface area contributed by atoms with Gasteiger partial charge in [-0.2, -0.15) is 0 Å². The van der Waals surface area contributed by atoms with Gasteiger partial charge >= 0.3 is 5.97 Å². The fourth-order valence-corrected chi connectivity index (χ4v) is 11.3. The highest BCUT2D eigenvalue weighted by Gasteiger charge is 2.64. The number of rotatable bonds is 6. The minimum atomic E-state index is -3.09. The number of sulfone groups is 1. The molecular weight excluding hydrogens is 450 g/mol. The monoisotopic (exact) mass is 481 g/mol. The van der Waals surface area contributed by atoms with E-state index in [4.69, 9.17) is 4.43 Å². The van der Waals surface area contributed by atoms with Crippen molar-refractivity contribution in [3.63, 3.8) is 0 Å². The summed E-state index contributed by atoms with van der Waals surface area (Å²) in [5, 5.41) is 9.52. The highest BCUT2D eigenvalue weighted by Crippen LogP contribution is 2.57. The first-order valence-corrected chi connectivity index (χ1v) is 16.4. The van der Waals surface area contributed by atoms with Gasteiger partial charge < -0.3 is 14.4 Å². The van der Waals surface area contributed by atoms with E-state index in [-0.39, 0.29) is 51.6 Å². The Bertz CT molecular complexity index is 811. The zero-order chi connectivity index (χ0) is 22.0. The third-order valence-electron chi connectivity index (χ3n) is 6.54. The Morgan fingerprint density at radius 1 is 1.41 bits per heavy atom. The predicted molar refractivity (Wildman–Crippen MR) is 119 cm³/mol. The second-order valence-corrected chi connectivity index (χ2v) is 20.0. The molecular formula is C18H31NO6S3Si. The van der Waals surface area contributed by atoms with E-state index in [0.29, 0.717) is 6.42 Å². The fraction of sp³-hybridized carbons (Fsp3) is 0.889. The van der Waals surface area contributed by atoms with Crippen molar-refractivity contribution < 1.29 is 27.5 Å². The van der Waals surface area contributed by atoms with Gasteiger partial charge in [-0.1, -0.05) is 20.8 Å². The van der Waals surface area contributed by atoms with Gasteiger partial charge in [-0.3, -0.25) is 4.79 Å². The number of β-lactam (4-membered cyclic amide) rings is 1. The predicted octanol–water partition coefficient (Wildman–Crippen LogP) is 2.63. The third-order valence-corrected chi connectivity index (χ3v) is 16.6. The maximum Gasteiger partial charge on any atom is 0.332 e. The second-order valence-electron chi connectivity index (χ2n) is 9.78. The number of thioether (sulfide) groups is 2. The number of nitrogens with zero attached hydrogens (tertiary/aromatic N) is 1. The summed E-state index contributed by atoms with van der Waals surface area (Å²) in [6.45, 7) is 12.8. The minimum Gasteiger partial charge on any atom is -0.480 e. The molecule has 29 heavy (non-hydrogen) atoms. The largest absolute Gasteiger partial charge is 0.480 e. The minimum absolute atomic E-state index is 0.0141. The van der Waals surface area contributed by atoms with E-state index < -0.39 is 28.2 Å². The molecule has 0 aliphatic carbocycles. The number of hydrogen-bond donors (Lipinski definition) is 1. The summed E-state index contributed by atoms with van der Waals surface area (Å²) in [4.78, 5) is 26.6. The fourth-order valence-electron chi connectivity index (χ4n) is 3.82. The normalized spacial score (nSPS) is 35.3. The Kier molecular flexibility index (Phi) is 6.00. The van der Waals surface area contributed by atoms with Crippen LogP contribution in [0, 0.1) is 5.92 Å². The Balaban J connectivity index is 1.73. The van der Waals surface area contributed by atoms with Crippen molar-refractivity contribution in [2.45, 2.75) is 73.1 Å². The van der Waals surface area contributed by atoms with Gasteiger partial charge in [0.2, 0.25) is 5.91 Å². The van der Waals surface area contributed by atoms with Gasteiger partial charge in [0.1, 0.15) is 0 Å². The van der Waals surface area contributed by atoms with Crippen molar-refractivity contribution in [3.05, 3.63) is 0 Å². The van der Waals surface area contributed by atoms with Crippen molar-refractivity contribution in [3.8, 4) is 0 Å². The first-order chi connectivity index (χ1) is 13.1. The van der Waals surface area contributed by atoms with Crippen LogP contribution in [0.1, 0.15) is 34.1 Å². The Labute approximate surface area is 182 Å². The van der Waals surface area contributed by atoms with Crippen molar-refractivity contribution in [1.29, 1.82) is 0 Å². The van der Waals surface area contributed by atoms with Gasteiger partial charge in [0.15, 0.2) is 22.2 Å². The molecule has 5 atom stereocenters. The first-order valence-electron chi connectivity index (χ1n) is 9.86. The molecule has 0 aromatic heterocycles. The molecule has 0 aromatic rings. The summed E-state index contributed by atoms with van der Waals surface area (Å²) in [5.74, 6) is -1.28. The first kappa shape index (κ1) is 23.4. The molecule has 3 heterocycles. The van der Waals surface area contributed by atoms with E-state index in [2.05, 4.69) is 33.9 Å². The highest BCUT2D eigenvalue weighted by molar-refractivity contribution is 8.20. The molecule has 0 bridgehead atoms.